The number of sulfonamides is 1. The monoisotopic (exact) mass is 643 g/mol. The molecule has 0 aliphatic rings. The SMILES string of the molecule is CCNC(=O)C(CC)N(Cc1ccc(OC)cc1)C(=O)CN(c1cc(OC)ccc1OC)S(=O)(=O)c1ccc(OC)c(OC)c1. The Morgan fingerprint density at radius 1 is 0.756 bits per heavy atom. The van der Waals surface area contributed by atoms with E-state index in [2.05, 4.69) is 5.32 Å². The molecule has 0 saturated carbocycles. The molecule has 0 spiro atoms. The lowest BCUT2D eigenvalue weighted by Gasteiger charge is -2.33. The number of methoxy groups -OCH3 is 5. The lowest BCUT2D eigenvalue weighted by molar-refractivity contribution is -0.140. The van der Waals surface area contributed by atoms with Gasteiger partial charge in [-0.05, 0) is 55.3 Å². The number of rotatable bonds is 16. The van der Waals surface area contributed by atoms with E-state index >= 15 is 0 Å². The fourth-order valence-corrected chi connectivity index (χ4v) is 6.18. The van der Waals surface area contributed by atoms with Crippen molar-refractivity contribution in [2.75, 3.05) is 52.9 Å². The average Bonchev–Trinajstić information content (AvgIpc) is 3.06. The van der Waals surface area contributed by atoms with E-state index in [1.807, 2.05) is 0 Å². The van der Waals surface area contributed by atoms with Crippen LogP contribution in [0.25, 0.3) is 0 Å². The van der Waals surface area contributed by atoms with Crippen molar-refractivity contribution >= 4 is 27.5 Å². The zero-order valence-electron chi connectivity index (χ0n) is 26.7. The Morgan fingerprint density at radius 3 is 1.91 bits per heavy atom. The summed E-state index contributed by atoms with van der Waals surface area (Å²) in [5.41, 5.74) is 0.788. The Bertz CT molecular complexity index is 1560. The number of amides is 2. The van der Waals surface area contributed by atoms with Gasteiger partial charge < -0.3 is 33.9 Å². The number of hydrogen-bond acceptors (Lipinski definition) is 9. The third-order valence-corrected chi connectivity index (χ3v) is 8.88. The van der Waals surface area contributed by atoms with Crippen LogP contribution in [-0.2, 0) is 26.2 Å². The molecule has 2 amide bonds. The molecule has 0 aliphatic carbocycles. The molecule has 0 heterocycles. The number of carbonyl (C=O) groups is 2. The van der Waals surface area contributed by atoms with Crippen LogP contribution >= 0.6 is 0 Å². The number of carbonyl (C=O) groups excluding carboxylic acids is 2. The molecule has 0 saturated heterocycles. The topological polar surface area (TPSA) is 133 Å². The summed E-state index contributed by atoms with van der Waals surface area (Å²) >= 11 is 0. The van der Waals surface area contributed by atoms with Gasteiger partial charge in [0.15, 0.2) is 11.5 Å². The fourth-order valence-electron chi connectivity index (χ4n) is 4.75. The molecule has 13 heteroatoms. The first-order valence-corrected chi connectivity index (χ1v) is 15.7. The second-order valence-electron chi connectivity index (χ2n) is 9.75. The van der Waals surface area contributed by atoms with Crippen molar-refractivity contribution in [3.05, 3.63) is 66.2 Å². The lowest BCUT2D eigenvalue weighted by Crippen LogP contribution is -2.52. The van der Waals surface area contributed by atoms with Crippen LogP contribution < -0.4 is 33.3 Å². The van der Waals surface area contributed by atoms with Gasteiger partial charge in [-0.25, -0.2) is 8.42 Å². The minimum Gasteiger partial charge on any atom is -0.497 e. The summed E-state index contributed by atoms with van der Waals surface area (Å²) in [6.45, 7) is 3.31. The summed E-state index contributed by atoms with van der Waals surface area (Å²) in [5.74, 6) is 0.708. The standard InChI is InChI=1S/C32H41N3O9S/c1-8-26(32(37)33-9-2)34(20-22-10-12-23(40-3)13-11-22)31(36)21-35(27-18-24(41-4)14-16-28(27)42-5)45(38,39)25-15-17-29(43-6)30(19-25)44-7/h10-19,26H,8-9,20-21H2,1-7H3,(H,33,37). The van der Waals surface area contributed by atoms with Crippen LogP contribution in [0.3, 0.4) is 0 Å². The van der Waals surface area contributed by atoms with E-state index < -0.39 is 28.5 Å². The molecule has 0 aliphatic heterocycles. The van der Waals surface area contributed by atoms with Crippen molar-refractivity contribution in [1.82, 2.24) is 10.2 Å². The molecule has 0 bridgehead atoms. The predicted molar refractivity (Wildman–Crippen MR) is 170 cm³/mol. The quantitative estimate of drug-likeness (QED) is 0.247. The number of nitrogens with one attached hydrogen (secondary N) is 1. The van der Waals surface area contributed by atoms with E-state index in [1.165, 1.54) is 57.6 Å². The van der Waals surface area contributed by atoms with Crippen LogP contribution in [0.2, 0.25) is 0 Å². The van der Waals surface area contributed by atoms with Crippen LogP contribution in [-0.4, -0.2) is 79.8 Å². The minimum absolute atomic E-state index is 0.0396. The highest BCUT2D eigenvalue weighted by Gasteiger charge is 2.35. The molecule has 1 unspecified atom stereocenters. The molecule has 3 rings (SSSR count). The Hall–Kier alpha value is -4.65. The maximum Gasteiger partial charge on any atom is 0.265 e. The van der Waals surface area contributed by atoms with E-state index in [0.29, 0.717) is 30.2 Å². The number of hydrogen-bond donors (Lipinski definition) is 1. The van der Waals surface area contributed by atoms with Gasteiger partial charge in [0.25, 0.3) is 10.0 Å². The van der Waals surface area contributed by atoms with Gasteiger partial charge in [0.2, 0.25) is 11.8 Å². The van der Waals surface area contributed by atoms with Crippen molar-refractivity contribution in [2.45, 2.75) is 37.8 Å². The molecule has 3 aromatic rings. The highest BCUT2D eigenvalue weighted by molar-refractivity contribution is 7.92. The third-order valence-electron chi connectivity index (χ3n) is 7.13. The Kier molecular flexibility index (Phi) is 12.3. The van der Waals surface area contributed by atoms with Gasteiger partial charge in [0.05, 0.1) is 46.1 Å². The average molecular weight is 644 g/mol. The van der Waals surface area contributed by atoms with E-state index in [4.69, 9.17) is 23.7 Å². The van der Waals surface area contributed by atoms with E-state index in [9.17, 15) is 18.0 Å². The maximum absolute atomic E-state index is 14.4. The maximum atomic E-state index is 14.4. The van der Waals surface area contributed by atoms with Crippen LogP contribution in [0.4, 0.5) is 5.69 Å². The number of benzene rings is 3. The molecule has 12 nitrogen and oxygen atoms in total. The van der Waals surface area contributed by atoms with E-state index in [-0.39, 0.29) is 34.5 Å². The summed E-state index contributed by atoms with van der Waals surface area (Å²) in [5, 5.41) is 2.79. The number of ether oxygens (including phenoxy) is 5. The summed E-state index contributed by atoms with van der Waals surface area (Å²) in [4.78, 5) is 28.7. The second-order valence-corrected chi connectivity index (χ2v) is 11.6. The molecule has 0 aromatic heterocycles. The zero-order valence-corrected chi connectivity index (χ0v) is 27.5. The largest absolute Gasteiger partial charge is 0.497 e. The fraction of sp³-hybridized carbons (Fsp3) is 0.375. The second kappa shape index (κ2) is 15.9. The Balaban J connectivity index is 2.19. The van der Waals surface area contributed by atoms with Crippen LogP contribution in [0.15, 0.2) is 65.6 Å². The van der Waals surface area contributed by atoms with Gasteiger partial charge >= 0.3 is 0 Å². The van der Waals surface area contributed by atoms with Crippen LogP contribution in [0, 0.1) is 0 Å². The van der Waals surface area contributed by atoms with Crippen molar-refractivity contribution in [3.8, 4) is 28.7 Å². The zero-order chi connectivity index (χ0) is 33.1. The molecule has 1 N–H and O–H groups in total. The first-order valence-electron chi connectivity index (χ1n) is 14.2. The molecule has 244 valence electrons. The molecule has 1 atom stereocenters. The number of anilines is 1. The van der Waals surface area contributed by atoms with Gasteiger partial charge in [-0.15, -0.1) is 0 Å². The number of likely N-dealkylation sites (N-methyl/N-ethyl adjacent to an activating group) is 1. The Labute approximate surface area is 264 Å². The van der Waals surface area contributed by atoms with Gasteiger partial charge in [-0.3, -0.25) is 13.9 Å². The van der Waals surface area contributed by atoms with Gasteiger partial charge in [-0.1, -0.05) is 19.1 Å². The third kappa shape index (κ3) is 8.09. The smallest absolute Gasteiger partial charge is 0.265 e. The van der Waals surface area contributed by atoms with E-state index in [0.717, 1.165) is 9.87 Å². The van der Waals surface area contributed by atoms with Gasteiger partial charge in [0, 0.05) is 25.2 Å². The van der Waals surface area contributed by atoms with Gasteiger partial charge in [0.1, 0.15) is 29.8 Å². The lowest BCUT2D eigenvalue weighted by atomic mass is 10.1. The molecule has 45 heavy (non-hydrogen) atoms. The molecule has 3 aromatic carbocycles. The highest BCUT2D eigenvalue weighted by atomic mass is 32.2. The van der Waals surface area contributed by atoms with Crippen LogP contribution in [0.1, 0.15) is 25.8 Å². The number of nitrogens with zero attached hydrogens (tertiary/aromatic N) is 2. The van der Waals surface area contributed by atoms with Crippen molar-refractivity contribution in [3.63, 3.8) is 0 Å². The normalized spacial score (nSPS) is 11.6. The van der Waals surface area contributed by atoms with Crippen molar-refractivity contribution in [2.24, 2.45) is 0 Å². The molecule has 0 fully saturated rings. The van der Waals surface area contributed by atoms with E-state index in [1.54, 1.807) is 57.4 Å². The summed E-state index contributed by atoms with van der Waals surface area (Å²) < 4.78 is 56.6. The highest BCUT2D eigenvalue weighted by Crippen LogP contribution is 2.38. The molecule has 0 radical (unpaired) electrons. The van der Waals surface area contributed by atoms with Crippen molar-refractivity contribution < 1.29 is 41.7 Å². The first-order chi connectivity index (χ1) is 21.6. The van der Waals surface area contributed by atoms with Crippen molar-refractivity contribution in [1.29, 1.82) is 0 Å². The molecular weight excluding hydrogens is 602 g/mol. The predicted octanol–water partition coefficient (Wildman–Crippen LogP) is 3.87. The minimum atomic E-state index is -4.44. The van der Waals surface area contributed by atoms with Crippen LogP contribution in [0.5, 0.6) is 28.7 Å². The summed E-state index contributed by atoms with van der Waals surface area (Å²) in [7, 11) is 2.77. The first kappa shape index (κ1) is 34.8. The summed E-state index contributed by atoms with van der Waals surface area (Å²) in [6.07, 6.45) is 0.290. The Morgan fingerprint density at radius 2 is 1.36 bits per heavy atom. The summed E-state index contributed by atoms with van der Waals surface area (Å²) in [6, 6.07) is 15.0. The molecular formula is C32H41N3O9S. The van der Waals surface area contributed by atoms with Gasteiger partial charge in [-0.2, -0.15) is 0 Å².